The standard InChI is InChI=1S/C26H26N4O5S2/c1-3-15-29(16-4-2)37(34,35)20-12-9-18(10-13-20)25(31)27-21-14-11-19(17-23(21)30(32)33)26-28-22-7-5-6-8-24(22)36-26/h5-14,17H,3-4,15-16H2,1-2H3,(H,27,31). The molecule has 1 aromatic heterocycles. The highest BCUT2D eigenvalue weighted by Crippen LogP contribution is 2.35. The summed E-state index contributed by atoms with van der Waals surface area (Å²) in [6.45, 7) is 4.65. The molecule has 37 heavy (non-hydrogen) atoms. The molecule has 192 valence electrons. The van der Waals surface area contributed by atoms with Gasteiger partial charge in [0, 0.05) is 30.3 Å². The van der Waals surface area contributed by atoms with Crippen LogP contribution in [0.5, 0.6) is 0 Å². The first-order valence-corrected chi connectivity index (χ1v) is 14.1. The zero-order valence-corrected chi connectivity index (χ0v) is 22.0. The van der Waals surface area contributed by atoms with E-state index in [1.54, 1.807) is 6.07 Å². The molecule has 1 amide bonds. The molecular formula is C26H26N4O5S2. The zero-order chi connectivity index (χ0) is 26.6. The molecule has 0 aliphatic carbocycles. The molecule has 4 aromatic rings. The third-order valence-electron chi connectivity index (χ3n) is 5.68. The molecule has 0 radical (unpaired) electrons. The van der Waals surface area contributed by atoms with Gasteiger partial charge >= 0.3 is 0 Å². The Kier molecular flexibility index (Phi) is 7.96. The van der Waals surface area contributed by atoms with E-state index in [0.29, 0.717) is 36.5 Å². The van der Waals surface area contributed by atoms with Crippen LogP contribution in [0.25, 0.3) is 20.8 Å². The summed E-state index contributed by atoms with van der Waals surface area (Å²) in [6.07, 6.45) is 1.38. The molecule has 9 nitrogen and oxygen atoms in total. The number of para-hydroxylation sites is 1. The van der Waals surface area contributed by atoms with E-state index in [9.17, 15) is 23.3 Å². The molecule has 0 unspecified atom stereocenters. The van der Waals surface area contributed by atoms with Crippen LogP contribution >= 0.6 is 11.3 Å². The Labute approximate surface area is 219 Å². The molecule has 0 saturated carbocycles. The maximum absolute atomic E-state index is 13.0. The predicted molar refractivity (Wildman–Crippen MR) is 145 cm³/mol. The summed E-state index contributed by atoms with van der Waals surface area (Å²) in [4.78, 5) is 28.7. The summed E-state index contributed by atoms with van der Waals surface area (Å²) in [5.41, 5.74) is 1.33. The molecule has 0 saturated heterocycles. The number of rotatable bonds is 10. The molecule has 4 rings (SSSR count). The molecule has 0 aliphatic heterocycles. The van der Waals surface area contributed by atoms with E-state index >= 15 is 0 Å². The number of nitro benzene ring substituents is 1. The van der Waals surface area contributed by atoms with Gasteiger partial charge < -0.3 is 5.32 Å². The van der Waals surface area contributed by atoms with Crippen LogP contribution in [0.1, 0.15) is 37.0 Å². The van der Waals surface area contributed by atoms with E-state index < -0.39 is 20.9 Å². The van der Waals surface area contributed by atoms with Crippen molar-refractivity contribution in [3.8, 4) is 10.6 Å². The minimum atomic E-state index is -3.68. The molecule has 1 heterocycles. The van der Waals surface area contributed by atoms with Gasteiger partial charge in [-0.25, -0.2) is 13.4 Å². The Balaban J connectivity index is 1.56. The highest BCUT2D eigenvalue weighted by Gasteiger charge is 2.24. The predicted octanol–water partition coefficient (Wildman–Crippen LogP) is 5.93. The van der Waals surface area contributed by atoms with Crippen LogP contribution in [0.2, 0.25) is 0 Å². The Bertz CT molecular complexity index is 1510. The molecule has 0 atom stereocenters. The Morgan fingerprint density at radius 3 is 2.32 bits per heavy atom. The van der Waals surface area contributed by atoms with Crippen molar-refractivity contribution in [3.63, 3.8) is 0 Å². The number of carbonyl (C=O) groups excluding carboxylic acids is 1. The van der Waals surface area contributed by atoms with Gasteiger partial charge in [-0.2, -0.15) is 4.31 Å². The van der Waals surface area contributed by atoms with E-state index in [-0.39, 0.29) is 21.8 Å². The molecule has 11 heteroatoms. The van der Waals surface area contributed by atoms with Gasteiger partial charge in [-0.15, -0.1) is 11.3 Å². The summed E-state index contributed by atoms with van der Waals surface area (Å²) in [5.74, 6) is -0.584. The number of anilines is 1. The van der Waals surface area contributed by atoms with Crippen molar-refractivity contribution in [2.45, 2.75) is 31.6 Å². The van der Waals surface area contributed by atoms with Crippen molar-refractivity contribution in [2.24, 2.45) is 0 Å². The number of sulfonamides is 1. The first kappa shape index (κ1) is 26.4. The average Bonchev–Trinajstić information content (AvgIpc) is 3.33. The number of hydrogen-bond acceptors (Lipinski definition) is 7. The van der Waals surface area contributed by atoms with Crippen molar-refractivity contribution >= 4 is 48.9 Å². The van der Waals surface area contributed by atoms with Gasteiger partial charge in [-0.1, -0.05) is 26.0 Å². The van der Waals surface area contributed by atoms with Crippen LogP contribution in [0.4, 0.5) is 11.4 Å². The average molecular weight is 539 g/mol. The summed E-state index contributed by atoms with van der Waals surface area (Å²) in [7, 11) is -3.68. The number of nitrogens with one attached hydrogen (secondary N) is 1. The van der Waals surface area contributed by atoms with Crippen LogP contribution in [0.3, 0.4) is 0 Å². The van der Waals surface area contributed by atoms with E-state index in [0.717, 1.165) is 10.2 Å². The SMILES string of the molecule is CCCN(CCC)S(=O)(=O)c1ccc(C(=O)Nc2ccc(-c3nc4ccccc4s3)cc2[N+](=O)[O-])cc1. The van der Waals surface area contributed by atoms with Gasteiger partial charge in [-0.05, 0) is 61.4 Å². The zero-order valence-electron chi connectivity index (χ0n) is 20.4. The summed E-state index contributed by atoms with van der Waals surface area (Å²) in [6, 6.07) is 17.7. The summed E-state index contributed by atoms with van der Waals surface area (Å²) < 4.78 is 28.3. The van der Waals surface area contributed by atoms with Gasteiger partial charge in [0.2, 0.25) is 10.0 Å². The van der Waals surface area contributed by atoms with E-state index in [1.807, 2.05) is 38.1 Å². The lowest BCUT2D eigenvalue weighted by atomic mass is 10.1. The van der Waals surface area contributed by atoms with Gasteiger partial charge in [0.1, 0.15) is 10.7 Å². The lowest BCUT2D eigenvalue weighted by Gasteiger charge is -2.21. The van der Waals surface area contributed by atoms with Crippen LogP contribution in [0.15, 0.2) is 71.6 Å². The maximum atomic E-state index is 13.0. The molecular weight excluding hydrogens is 512 g/mol. The van der Waals surface area contributed by atoms with Crippen molar-refractivity contribution < 1.29 is 18.1 Å². The fraction of sp³-hybridized carbons (Fsp3) is 0.231. The molecule has 0 fully saturated rings. The fourth-order valence-corrected chi connectivity index (χ4v) is 6.48. The molecule has 0 spiro atoms. The van der Waals surface area contributed by atoms with E-state index in [1.165, 1.54) is 52.0 Å². The smallest absolute Gasteiger partial charge is 0.293 e. The van der Waals surface area contributed by atoms with Crippen LogP contribution in [-0.4, -0.2) is 41.6 Å². The lowest BCUT2D eigenvalue weighted by molar-refractivity contribution is -0.383. The van der Waals surface area contributed by atoms with Crippen LogP contribution in [0, 0.1) is 10.1 Å². The number of amides is 1. The minimum Gasteiger partial charge on any atom is -0.316 e. The monoisotopic (exact) mass is 538 g/mol. The third-order valence-corrected chi connectivity index (χ3v) is 8.68. The molecule has 3 aromatic carbocycles. The highest BCUT2D eigenvalue weighted by molar-refractivity contribution is 7.89. The Morgan fingerprint density at radius 2 is 1.70 bits per heavy atom. The fourth-order valence-electron chi connectivity index (χ4n) is 3.89. The van der Waals surface area contributed by atoms with Gasteiger partial charge in [0.05, 0.1) is 20.0 Å². The number of aromatic nitrogens is 1. The number of hydrogen-bond donors (Lipinski definition) is 1. The molecule has 0 bridgehead atoms. The van der Waals surface area contributed by atoms with E-state index in [2.05, 4.69) is 10.3 Å². The largest absolute Gasteiger partial charge is 0.316 e. The number of benzene rings is 3. The Hall–Kier alpha value is -3.67. The second-order valence-electron chi connectivity index (χ2n) is 8.36. The second kappa shape index (κ2) is 11.2. The van der Waals surface area contributed by atoms with Gasteiger partial charge in [0.25, 0.3) is 11.6 Å². The number of fused-ring (bicyclic) bond motifs is 1. The minimum absolute atomic E-state index is 0.0358. The summed E-state index contributed by atoms with van der Waals surface area (Å²) in [5, 5.41) is 15.0. The molecule has 0 aliphatic rings. The van der Waals surface area contributed by atoms with Crippen LogP contribution < -0.4 is 5.32 Å². The van der Waals surface area contributed by atoms with Crippen molar-refractivity contribution in [2.75, 3.05) is 18.4 Å². The van der Waals surface area contributed by atoms with Crippen LogP contribution in [-0.2, 0) is 10.0 Å². The summed E-state index contributed by atoms with van der Waals surface area (Å²) >= 11 is 1.42. The van der Waals surface area contributed by atoms with Crippen molar-refractivity contribution in [1.29, 1.82) is 0 Å². The van der Waals surface area contributed by atoms with E-state index in [4.69, 9.17) is 0 Å². The molecule has 1 N–H and O–H groups in total. The number of thiazole rings is 1. The maximum Gasteiger partial charge on any atom is 0.293 e. The topological polar surface area (TPSA) is 123 Å². The van der Waals surface area contributed by atoms with Gasteiger partial charge in [0.15, 0.2) is 0 Å². The number of nitrogens with zero attached hydrogens (tertiary/aromatic N) is 3. The number of nitro groups is 1. The quantitative estimate of drug-likeness (QED) is 0.197. The van der Waals surface area contributed by atoms with Gasteiger partial charge in [-0.3, -0.25) is 14.9 Å². The first-order valence-electron chi connectivity index (χ1n) is 11.8. The Morgan fingerprint density at radius 1 is 1.03 bits per heavy atom. The second-order valence-corrected chi connectivity index (χ2v) is 11.3. The van der Waals surface area contributed by atoms with Crippen molar-refractivity contribution in [3.05, 3.63) is 82.4 Å². The highest BCUT2D eigenvalue weighted by atomic mass is 32.2. The third kappa shape index (κ3) is 5.68. The number of carbonyl (C=O) groups is 1. The normalized spacial score (nSPS) is 11.6. The lowest BCUT2D eigenvalue weighted by Crippen LogP contribution is -2.32. The first-order chi connectivity index (χ1) is 17.7. The van der Waals surface area contributed by atoms with Crippen molar-refractivity contribution in [1.82, 2.24) is 9.29 Å².